The molecule has 61 heavy (non-hydrogen) atoms. The van der Waals surface area contributed by atoms with Crippen molar-refractivity contribution < 1.29 is 0 Å². The van der Waals surface area contributed by atoms with Crippen molar-refractivity contribution in [1.82, 2.24) is 0 Å². The highest BCUT2D eigenvalue weighted by molar-refractivity contribution is 5.96. The molecule has 10 rings (SSSR count). The number of hydrogen-bond donors (Lipinski definition) is 0. The Bertz CT molecular complexity index is 2830. The molecule has 1 heteroatoms. The summed E-state index contributed by atoms with van der Waals surface area (Å²) in [7, 11) is 0. The van der Waals surface area contributed by atoms with Gasteiger partial charge in [0.15, 0.2) is 0 Å². The molecule has 0 unspecified atom stereocenters. The van der Waals surface area contributed by atoms with E-state index in [1.807, 2.05) is 0 Å². The van der Waals surface area contributed by atoms with Crippen LogP contribution >= 0.6 is 0 Å². The molecule has 1 nitrogen and oxygen atoms in total. The summed E-state index contributed by atoms with van der Waals surface area (Å²) < 4.78 is 0. The Labute approximate surface area is 359 Å². The minimum absolute atomic E-state index is 1.08. The van der Waals surface area contributed by atoms with Crippen molar-refractivity contribution in [3.63, 3.8) is 0 Å². The first-order valence-electron chi connectivity index (χ1n) is 20.9. The lowest BCUT2D eigenvalue weighted by Crippen LogP contribution is -2.09. The Morgan fingerprint density at radius 3 is 0.705 bits per heavy atom. The van der Waals surface area contributed by atoms with E-state index in [1.54, 1.807) is 0 Å². The van der Waals surface area contributed by atoms with Crippen molar-refractivity contribution in [2.75, 3.05) is 4.90 Å². The van der Waals surface area contributed by atoms with Crippen LogP contribution in [0.2, 0.25) is 0 Å². The number of anilines is 3. The van der Waals surface area contributed by atoms with E-state index in [1.165, 1.54) is 77.9 Å². The third kappa shape index (κ3) is 7.69. The van der Waals surface area contributed by atoms with E-state index in [9.17, 15) is 0 Å². The standard InChI is InChI=1S/C60H43N/c1-6-18-44(19-7-1)45-32-38-52(39-33-45)61(53-40-34-48(35-41-53)57-30-16-28-55(46-20-8-2-9-21-46)59(57)50-24-12-4-13-25-50)54-42-36-49(37-43-54)58-31-17-29-56(47-22-10-3-11-23-47)60(58)51-26-14-5-15-27-51/h1-43H. The number of nitrogens with zero attached hydrogens (tertiary/aromatic N) is 1. The van der Waals surface area contributed by atoms with Crippen LogP contribution in [0.1, 0.15) is 0 Å². The van der Waals surface area contributed by atoms with E-state index in [2.05, 4.69) is 266 Å². The fraction of sp³-hybridized carbons (Fsp3) is 0. The fourth-order valence-corrected chi connectivity index (χ4v) is 8.59. The minimum Gasteiger partial charge on any atom is -0.311 e. The zero-order chi connectivity index (χ0) is 40.8. The van der Waals surface area contributed by atoms with Crippen LogP contribution in [0.15, 0.2) is 261 Å². The topological polar surface area (TPSA) is 3.24 Å². The Hall–Kier alpha value is -8.00. The predicted octanol–water partition coefficient (Wildman–Crippen LogP) is 16.8. The van der Waals surface area contributed by atoms with E-state index in [4.69, 9.17) is 0 Å². The van der Waals surface area contributed by atoms with Gasteiger partial charge in [0.2, 0.25) is 0 Å². The zero-order valence-electron chi connectivity index (χ0n) is 33.8. The highest BCUT2D eigenvalue weighted by Crippen LogP contribution is 2.44. The first kappa shape index (κ1) is 37.3. The largest absolute Gasteiger partial charge is 0.311 e. The molecular weight excluding hydrogens is 735 g/mol. The maximum Gasteiger partial charge on any atom is 0.0462 e. The van der Waals surface area contributed by atoms with Gasteiger partial charge in [-0.3, -0.25) is 0 Å². The highest BCUT2D eigenvalue weighted by atomic mass is 15.1. The van der Waals surface area contributed by atoms with Crippen LogP contribution in [0.25, 0.3) is 77.9 Å². The van der Waals surface area contributed by atoms with Crippen LogP contribution < -0.4 is 4.90 Å². The smallest absolute Gasteiger partial charge is 0.0462 e. The molecule has 10 aromatic carbocycles. The molecular formula is C60H43N. The molecule has 0 aliphatic heterocycles. The molecule has 0 bridgehead atoms. The van der Waals surface area contributed by atoms with Gasteiger partial charge < -0.3 is 4.90 Å². The van der Waals surface area contributed by atoms with Crippen LogP contribution in [0, 0.1) is 0 Å². The molecule has 288 valence electrons. The second-order valence-corrected chi connectivity index (χ2v) is 15.3. The van der Waals surface area contributed by atoms with Gasteiger partial charge in [0, 0.05) is 17.1 Å². The van der Waals surface area contributed by atoms with Crippen molar-refractivity contribution >= 4 is 17.1 Å². The van der Waals surface area contributed by atoms with Gasteiger partial charge in [0.25, 0.3) is 0 Å². The Balaban J connectivity index is 1.07. The van der Waals surface area contributed by atoms with Gasteiger partial charge in [0.05, 0.1) is 0 Å². The van der Waals surface area contributed by atoms with E-state index in [-0.39, 0.29) is 0 Å². The van der Waals surface area contributed by atoms with Gasteiger partial charge in [-0.1, -0.05) is 224 Å². The second-order valence-electron chi connectivity index (χ2n) is 15.3. The van der Waals surface area contributed by atoms with Crippen LogP contribution in [0.3, 0.4) is 0 Å². The molecule has 0 aliphatic carbocycles. The summed E-state index contributed by atoms with van der Waals surface area (Å²) in [5.41, 5.74) is 20.1. The van der Waals surface area contributed by atoms with Crippen LogP contribution in [0.4, 0.5) is 17.1 Å². The first-order valence-corrected chi connectivity index (χ1v) is 20.9. The monoisotopic (exact) mass is 777 g/mol. The van der Waals surface area contributed by atoms with Crippen LogP contribution in [-0.4, -0.2) is 0 Å². The van der Waals surface area contributed by atoms with Gasteiger partial charge in [-0.2, -0.15) is 0 Å². The zero-order valence-corrected chi connectivity index (χ0v) is 33.8. The van der Waals surface area contributed by atoms with E-state index in [0.29, 0.717) is 0 Å². The molecule has 0 aromatic heterocycles. The number of hydrogen-bond acceptors (Lipinski definition) is 1. The summed E-state index contributed by atoms with van der Waals surface area (Å²) in [6, 6.07) is 93.9. The van der Waals surface area contributed by atoms with Gasteiger partial charge in [-0.15, -0.1) is 0 Å². The third-order valence-electron chi connectivity index (χ3n) is 11.5. The summed E-state index contributed by atoms with van der Waals surface area (Å²) >= 11 is 0. The summed E-state index contributed by atoms with van der Waals surface area (Å²) in [4.78, 5) is 2.36. The molecule has 0 atom stereocenters. The first-order chi connectivity index (χ1) is 30.3. The van der Waals surface area contributed by atoms with E-state index >= 15 is 0 Å². The summed E-state index contributed by atoms with van der Waals surface area (Å²) in [6.45, 7) is 0. The van der Waals surface area contributed by atoms with Crippen molar-refractivity contribution in [3.05, 3.63) is 261 Å². The summed E-state index contributed by atoms with van der Waals surface area (Å²) in [5, 5.41) is 0. The lowest BCUT2D eigenvalue weighted by molar-refractivity contribution is 1.28. The van der Waals surface area contributed by atoms with Gasteiger partial charge >= 0.3 is 0 Å². The minimum atomic E-state index is 1.08. The lowest BCUT2D eigenvalue weighted by Gasteiger charge is -2.26. The fourth-order valence-electron chi connectivity index (χ4n) is 8.59. The van der Waals surface area contributed by atoms with E-state index in [0.717, 1.165) is 17.1 Å². The number of benzene rings is 10. The second kappa shape index (κ2) is 17.1. The average molecular weight is 778 g/mol. The molecule has 0 amide bonds. The average Bonchev–Trinajstić information content (AvgIpc) is 3.35. The third-order valence-corrected chi connectivity index (χ3v) is 11.5. The Morgan fingerprint density at radius 1 is 0.164 bits per heavy atom. The van der Waals surface area contributed by atoms with Crippen molar-refractivity contribution in [2.45, 2.75) is 0 Å². The molecule has 0 aliphatic rings. The van der Waals surface area contributed by atoms with Crippen molar-refractivity contribution in [2.24, 2.45) is 0 Å². The highest BCUT2D eigenvalue weighted by Gasteiger charge is 2.18. The van der Waals surface area contributed by atoms with Gasteiger partial charge in [-0.25, -0.2) is 0 Å². The number of rotatable bonds is 10. The molecule has 0 saturated heterocycles. The van der Waals surface area contributed by atoms with Crippen molar-refractivity contribution in [3.8, 4) is 77.9 Å². The quantitative estimate of drug-likeness (QED) is 0.134. The summed E-state index contributed by atoms with van der Waals surface area (Å²) in [5.74, 6) is 0. The normalized spacial score (nSPS) is 11.0. The molecule has 0 spiro atoms. The van der Waals surface area contributed by atoms with Crippen LogP contribution in [0.5, 0.6) is 0 Å². The lowest BCUT2D eigenvalue weighted by atomic mass is 9.87. The molecule has 0 radical (unpaired) electrons. The van der Waals surface area contributed by atoms with Gasteiger partial charge in [0.1, 0.15) is 0 Å². The SMILES string of the molecule is c1ccc(-c2ccc(N(c3ccc(-c4cccc(-c5ccccc5)c4-c4ccccc4)cc3)c3ccc(-c4cccc(-c5ccccc5)c4-c4ccccc4)cc3)cc2)cc1. The predicted molar refractivity (Wildman–Crippen MR) is 259 cm³/mol. The molecule has 0 N–H and O–H groups in total. The van der Waals surface area contributed by atoms with Crippen molar-refractivity contribution in [1.29, 1.82) is 0 Å². The molecule has 0 heterocycles. The van der Waals surface area contributed by atoms with Gasteiger partial charge in [-0.05, 0) is 114 Å². The van der Waals surface area contributed by atoms with Crippen LogP contribution in [-0.2, 0) is 0 Å². The maximum absolute atomic E-state index is 2.36. The maximum atomic E-state index is 2.36. The van der Waals surface area contributed by atoms with E-state index < -0.39 is 0 Å². The Morgan fingerprint density at radius 2 is 0.393 bits per heavy atom. The Kier molecular flexibility index (Phi) is 10.4. The molecule has 0 saturated carbocycles. The molecule has 10 aromatic rings. The molecule has 0 fully saturated rings. The summed E-state index contributed by atoms with van der Waals surface area (Å²) in [6.07, 6.45) is 0.